The van der Waals surface area contributed by atoms with Crippen LogP contribution in [0.25, 0.3) is 0 Å². The molecule has 1 aliphatic rings. The highest BCUT2D eigenvalue weighted by atomic mass is 32.1. The van der Waals surface area contributed by atoms with Crippen LogP contribution in [0.4, 0.5) is 9.93 Å². The monoisotopic (exact) mass is 430 g/mol. The second-order valence-electron chi connectivity index (χ2n) is 8.09. The molecule has 8 nitrogen and oxygen atoms in total. The van der Waals surface area contributed by atoms with Gasteiger partial charge in [0, 0.05) is 23.4 Å². The van der Waals surface area contributed by atoms with Crippen molar-refractivity contribution in [2.75, 3.05) is 11.9 Å². The summed E-state index contributed by atoms with van der Waals surface area (Å²) >= 11 is 1.33. The Kier molecular flexibility index (Phi) is 6.40. The molecule has 160 valence electrons. The van der Waals surface area contributed by atoms with E-state index in [0.717, 1.165) is 10.6 Å². The van der Waals surface area contributed by atoms with Crippen LogP contribution in [0.15, 0.2) is 30.3 Å². The van der Waals surface area contributed by atoms with Crippen molar-refractivity contribution in [2.45, 2.75) is 52.3 Å². The zero-order valence-electron chi connectivity index (χ0n) is 17.5. The Morgan fingerprint density at radius 2 is 1.90 bits per heavy atom. The van der Waals surface area contributed by atoms with Crippen LogP contribution in [0.3, 0.4) is 0 Å². The predicted octanol–water partition coefficient (Wildman–Crippen LogP) is 3.19. The number of hydrogen-bond donors (Lipinski definition) is 2. The van der Waals surface area contributed by atoms with Gasteiger partial charge in [-0.2, -0.15) is 0 Å². The zero-order valence-corrected chi connectivity index (χ0v) is 18.3. The van der Waals surface area contributed by atoms with Crippen molar-refractivity contribution in [1.29, 1.82) is 0 Å². The number of hydrogen-bond acceptors (Lipinski definition) is 6. The van der Waals surface area contributed by atoms with Crippen LogP contribution in [0.2, 0.25) is 0 Å². The standard InChI is InChI=1S/C21H26N4O4S/c1-13(22-18(27)14-8-6-5-7-9-14)17(26)24-19-23-15-10-11-25(12-16(15)30-19)20(28)29-21(2,3)4/h5-9,13H,10-12H2,1-4H3,(H,22,27)(H,23,24,26). The minimum Gasteiger partial charge on any atom is -0.444 e. The summed E-state index contributed by atoms with van der Waals surface area (Å²) < 4.78 is 5.43. The largest absolute Gasteiger partial charge is 0.444 e. The number of thiazole rings is 1. The smallest absolute Gasteiger partial charge is 0.410 e. The van der Waals surface area contributed by atoms with Crippen molar-refractivity contribution in [1.82, 2.24) is 15.2 Å². The summed E-state index contributed by atoms with van der Waals surface area (Å²) in [6.45, 7) is 8.03. The van der Waals surface area contributed by atoms with E-state index in [1.807, 2.05) is 26.8 Å². The quantitative estimate of drug-likeness (QED) is 0.776. The number of anilines is 1. The number of carbonyl (C=O) groups excluding carboxylic acids is 3. The molecule has 1 aromatic heterocycles. The number of amides is 3. The summed E-state index contributed by atoms with van der Waals surface area (Å²) in [6, 6.07) is 8.00. The molecule has 9 heteroatoms. The van der Waals surface area contributed by atoms with Crippen LogP contribution >= 0.6 is 11.3 Å². The molecular weight excluding hydrogens is 404 g/mol. The molecule has 1 aliphatic heterocycles. The topological polar surface area (TPSA) is 101 Å². The number of ether oxygens (including phenoxy) is 1. The second-order valence-corrected chi connectivity index (χ2v) is 9.17. The van der Waals surface area contributed by atoms with Gasteiger partial charge in [0.1, 0.15) is 11.6 Å². The van der Waals surface area contributed by atoms with Crippen molar-refractivity contribution >= 4 is 34.4 Å². The van der Waals surface area contributed by atoms with Gasteiger partial charge in [0.15, 0.2) is 5.13 Å². The minimum absolute atomic E-state index is 0.315. The predicted molar refractivity (Wildman–Crippen MR) is 114 cm³/mol. The van der Waals surface area contributed by atoms with Gasteiger partial charge in [-0.15, -0.1) is 0 Å². The van der Waals surface area contributed by atoms with Gasteiger partial charge in [-0.1, -0.05) is 29.5 Å². The average Bonchev–Trinajstić information content (AvgIpc) is 3.08. The van der Waals surface area contributed by atoms with Crippen LogP contribution in [-0.2, 0) is 22.5 Å². The SMILES string of the molecule is CC(NC(=O)c1ccccc1)C(=O)Nc1nc2c(s1)CN(C(=O)OC(C)(C)C)CC2. The molecule has 0 radical (unpaired) electrons. The highest BCUT2D eigenvalue weighted by Gasteiger charge is 2.28. The Labute approximate surface area is 179 Å². The molecule has 1 unspecified atom stereocenters. The Morgan fingerprint density at radius 1 is 1.20 bits per heavy atom. The fourth-order valence-corrected chi connectivity index (χ4v) is 3.91. The zero-order chi connectivity index (χ0) is 21.9. The van der Waals surface area contributed by atoms with Gasteiger partial charge in [-0.05, 0) is 39.8 Å². The van der Waals surface area contributed by atoms with E-state index in [2.05, 4.69) is 15.6 Å². The van der Waals surface area contributed by atoms with E-state index in [1.54, 1.807) is 36.1 Å². The van der Waals surface area contributed by atoms with E-state index < -0.39 is 11.6 Å². The van der Waals surface area contributed by atoms with E-state index in [9.17, 15) is 14.4 Å². The van der Waals surface area contributed by atoms with Gasteiger partial charge in [-0.3, -0.25) is 9.59 Å². The fraction of sp³-hybridized carbons (Fsp3) is 0.429. The Hall–Kier alpha value is -2.94. The number of rotatable bonds is 4. The Bertz CT molecular complexity index is 936. The third-order valence-corrected chi connectivity index (χ3v) is 5.39. The minimum atomic E-state index is -0.725. The van der Waals surface area contributed by atoms with E-state index >= 15 is 0 Å². The average molecular weight is 431 g/mol. The number of benzene rings is 1. The van der Waals surface area contributed by atoms with Gasteiger partial charge < -0.3 is 20.3 Å². The third-order valence-electron chi connectivity index (χ3n) is 4.39. The molecule has 1 aromatic carbocycles. The molecule has 2 heterocycles. The number of nitrogens with one attached hydrogen (secondary N) is 2. The Balaban J connectivity index is 1.58. The molecule has 3 amide bonds. The van der Waals surface area contributed by atoms with E-state index in [-0.39, 0.29) is 17.9 Å². The third kappa shape index (κ3) is 5.56. The van der Waals surface area contributed by atoms with Gasteiger partial charge in [0.25, 0.3) is 5.91 Å². The lowest BCUT2D eigenvalue weighted by molar-refractivity contribution is -0.117. The molecule has 1 atom stereocenters. The van der Waals surface area contributed by atoms with E-state index in [1.165, 1.54) is 11.3 Å². The van der Waals surface area contributed by atoms with Gasteiger partial charge >= 0.3 is 6.09 Å². The van der Waals surface area contributed by atoms with Crippen LogP contribution in [0.1, 0.15) is 48.6 Å². The van der Waals surface area contributed by atoms with E-state index in [0.29, 0.717) is 30.2 Å². The summed E-state index contributed by atoms with van der Waals surface area (Å²) in [5.74, 6) is -0.668. The summed E-state index contributed by atoms with van der Waals surface area (Å²) in [5, 5.41) is 5.89. The van der Waals surface area contributed by atoms with Crippen molar-refractivity contribution in [2.24, 2.45) is 0 Å². The molecule has 2 N–H and O–H groups in total. The van der Waals surface area contributed by atoms with Crippen molar-refractivity contribution in [3.05, 3.63) is 46.5 Å². The summed E-state index contributed by atoms with van der Waals surface area (Å²) in [5.41, 5.74) is 0.810. The maximum atomic E-state index is 12.5. The van der Waals surface area contributed by atoms with Gasteiger partial charge in [0.2, 0.25) is 5.91 Å². The maximum absolute atomic E-state index is 12.5. The Morgan fingerprint density at radius 3 is 2.57 bits per heavy atom. The van der Waals surface area contributed by atoms with E-state index in [4.69, 9.17) is 4.74 Å². The van der Waals surface area contributed by atoms with Crippen LogP contribution in [0, 0.1) is 0 Å². The number of fused-ring (bicyclic) bond motifs is 1. The van der Waals surface area contributed by atoms with Crippen molar-refractivity contribution in [3.63, 3.8) is 0 Å². The molecule has 30 heavy (non-hydrogen) atoms. The number of carbonyl (C=O) groups is 3. The lowest BCUT2D eigenvalue weighted by Gasteiger charge is -2.29. The molecule has 0 saturated heterocycles. The molecule has 0 aliphatic carbocycles. The lowest BCUT2D eigenvalue weighted by atomic mass is 10.2. The second kappa shape index (κ2) is 8.83. The van der Waals surface area contributed by atoms with Crippen LogP contribution < -0.4 is 10.6 Å². The first-order chi connectivity index (χ1) is 14.1. The van der Waals surface area contributed by atoms with Crippen LogP contribution in [0.5, 0.6) is 0 Å². The fourth-order valence-electron chi connectivity index (χ4n) is 2.88. The summed E-state index contributed by atoms with van der Waals surface area (Å²) in [6.07, 6.45) is 0.241. The van der Waals surface area contributed by atoms with Crippen molar-refractivity contribution < 1.29 is 19.1 Å². The molecular formula is C21H26N4O4S. The maximum Gasteiger partial charge on any atom is 0.410 e. The lowest BCUT2D eigenvalue weighted by Crippen LogP contribution is -2.41. The molecule has 0 spiro atoms. The summed E-state index contributed by atoms with van der Waals surface area (Å²) in [4.78, 5) is 44.0. The molecule has 0 fully saturated rings. The van der Waals surface area contributed by atoms with Crippen LogP contribution in [-0.4, -0.2) is 46.0 Å². The number of aromatic nitrogens is 1. The molecule has 0 saturated carbocycles. The highest BCUT2D eigenvalue weighted by Crippen LogP contribution is 2.29. The first-order valence-corrected chi connectivity index (χ1v) is 10.6. The normalized spacial score (nSPS) is 14.5. The molecule has 3 rings (SSSR count). The molecule has 2 aromatic rings. The summed E-state index contributed by atoms with van der Waals surface area (Å²) in [7, 11) is 0. The van der Waals surface area contributed by atoms with Crippen molar-refractivity contribution in [3.8, 4) is 0 Å². The molecule has 0 bridgehead atoms. The first-order valence-electron chi connectivity index (χ1n) is 9.75. The number of nitrogens with zero attached hydrogens (tertiary/aromatic N) is 2. The first kappa shape index (κ1) is 21.8. The highest BCUT2D eigenvalue weighted by molar-refractivity contribution is 7.15. The van der Waals surface area contributed by atoms with Gasteiger partial charge in [0.05, 0.1) is 12.2 Å². The van der Waals surface area contributed by atoms with Gasteiger partial charge in [-0.25, -0.2) is 9.78 Å².